The Kier molecular flexibility index (Phi) is 6.94. The van der Waals surface area contributed by atoms with Gasteiger partial charge in [0.25, 0.3) is 0 Å². The summed E-state index contributed by atoms with van der Waals surface area (Å²) in [5, 5.41) is 0. The third-order valence-electron chi connectivity index (χ3n) is 15.7. The molecule has 0 aromatic carbocycles. The summed E-state index contributed by atoms with van der Waals surface area (Å²) in [5.74, 6) is 4.79. The van der Waals surface area contributed by atoms with Gasteiger partial charge in [0, 0.05) is 11.8 Å². The van der Waals surface area contributed by atoms with Crippen LogP contribution >= 0.6 is 0 Å². The van der Waals surface area contributed by atoms with Gasteiger partial charge in [-0.2, -0.15) is 0 Å². The van der Waals surface area contributed by atoms with Crippen LogP contribution in [-0.4, -0.2) is 43.1 Å². The van der Waals surface area contributed by atoms with E-state index in [1.165, 1.54) is 51.4 Å². The average molecular weight is 623 g/mol. The molecule has 250 valence electrons. The van der Waals surface area contributed by atoms with Gasteiger partial charge in [0.15, 0.2) is 5.79 Å². The van der Waals surface area contributed by atoms with Crippen LogP contribution in [0.15, 0.2) is 0 Å². The van der Waals surface area contributed by atoms with E-state index in [-0.39, 0.29) is 41.9 Å². The number of fused-ring (bicyclic) bond motifs is 3. The first-order valence-electron chi connectivity index (χ1n) is 19.3. The zero-order valence-corrected chi connectivity index (χ0v) is 28.2. The normalized spacial score (nSPS) is 55.3. The second kappa shape index (κ2) is 10.4. The van der Waals surface area contributed by atoms with Gasteiger partial charge in [-0.05, 0) is 150 Å². The fourth-order valence-electron chi connectivity index (χ4n) is 14.5. The molecule has 11 fully saturated rings. The van der Waals surface area contributed by atoms with Gasteiger partial charge in [-0.1, -0.05) is 27.2 Å². The molecule has 1 spiro atoms. The topological polar surface area (TPSA) is 71.1 Å². The van der Waals surface area contributed by atoms with Crippen LogP contribution < -0.4 is 0 Å². The number of ether oxygens (including phenoxy) is 4. The third-order valence-corrected chi connectivity index (χ3v) is 15.7. The molecule has 10 bridgehead atoms. The summed E-state index contributed by atoms with van der Waals surface area (Å²) in [6.45, 7) is 7.48. The number of hydrogen-bond acceptors (Lipinski definition) is 6. The number of hydrogen-bond donors (Lipinski definition) is 0. The molecular weight excluding hydrogens is 564 g/mol. The molecule has 6 heteroatoms. The lowest BCUT2D eigenvalue weighted by Gasteiger charge is -2.55. The predicted molar refractivity (Wildman–Crippen MR) is 169 cm³/mol. The Labute approximate surface area is 270 Å². The first-order valence-corrected chi connectivity index (χ1v) is 19.3. The highest BCUT2D eigenvalue weighted by atomic mass is 16.8. The molecule has 10 aliphatic carbocycles. The Morgan fingerprint density at radius 2 is 1.00 bits per heavy atom. The van der Waals surface area contributed by atoms with Gasteiger partial charge in [-0.25, -0.2) is 0 Å². The molecule has 0 radical (unpaired) electrons. The summed E-state index contributed by atoms with van der Waals surface area (Å²) in [6, 6.07) is 0. The smallest absolute Gasteiger partial charge is 0.312 e. The first kappa shape index (κ1) is 30.0. The van der Waals surface area contributed by atoms with E-state index in [1.54, 1.807) is 0 Å². The van der Waals surface area contributed by atoms with E-state index < -0.39 is 18.0 Å². The maximum Gasteiger partial charge on any atom is 0.312 e. The molecule has 11 aliphatic rings. The Morgan fingerprint density at radius 3 is 1.40 bits per heavy atom. The average Bonchev–Trinajstić information content (AvgIpc) is 3.36. The molecule has 0 amide bonds. The van der Waals surface area contributed by atoms with Crippen molar-refractivity contribution in [3.05, 3.63) is 0 Å². The number of carbonyl (C=O) groups excluding carboxylic acids is 2. The second-order valence-electron chi connectivity index (χ2n) is 19.1. The minimum Gasteiger partial charge on any atom is -0.462 e. The van der Waals surface area contributed by atoms with Crippen molar-refractivity contribution in [1.82, 2.24) is 0 Å². The predicted octanol–water partition coefficient (Wildman–Crippen LogP) is 7.86. The fourth-order valence-corrected chi connectivity index (χ4v) is 14.5. The zero-order chi connectivity index (χ0) is 30.8. The molecular formula is C39H58O6. The largest absolute Gasteiger partial charge is 0.462 e. The van der Waals surface area contributed by atoms with Crippen molar-refractivity contribution in [3.8, 4) is 0 Å². The highest BCUT2D eigenvalue weighted by Crippen LogP contribution is 2.63. The molecule has 6 unspecified atom stereocenters. The minimum atomic E-state index is -0.692. The Balaban J connectivity index is 0.936. The van der Waals surface area contributed by atoms with E-state index in [1.807, 2.05) is 0 Å². The van der Waals surface area contributed by atoms with Crippen molar-refractivity contribution in [2.45, 2.75) is 148 Å². The number of carbonyl (C=O) groups is 2. The number of esters is 2. The van der Waals surface area contributed by atoms with Crippen LogP contribution in [0.4, 0.5) is 0 Å². The van der Waals surface area contributed by atoms with Crippen LogP contribution in [0.1, 0.15) is 130 Å². The lowest BCUT2D eigenvalue weighted by atomic mass is 9.49. The van der Waals surface area contributed by atoms with Crippen molar-refractivity contribution < 1.29 is 28.5 Å². The highest BCUT2D eigenvalue weighted by molar-refractivity contribution is 5.78. The second-order valence-corrected chi connectivity index (χ2v) is 19.1. The summed E-state index contributed by atoms with van der Waals surface area (Å²) < 4.78 is 26.8. The maximum absolute atomic E-state index is 13.9. The Morgan fingerprint density at radius 1 is 0.600 bits per heavy atom. The van der Waals surface area contributed by atoms with Crippen LogP contribution in [0, 0.1) is 69.5 Å². The summed E-state index contributed by atoms with van der Waals surface area (Å²) >= 11 is 0. The van der Waals surface area contributed by atoms with E-state index in [9.17, 15) is 9.59 Å². The third kappa shape index (κ3) is 4.82. The zero-order valence-electron chi connectivity index (χ0n) is 28.2. The monoisotopic (exact) mass is 622 g/mol. The van der Waals surface area contributed by atoms with E-state index in [4.69, 9.17) is 18.9 Å². The first-order chi connectivity index (χ1) is 21.6. The van der Waals surface area contributed by atoms with Crippen molar-refractivity contribution in [2.24, 2.45) is 69.5 Å². The van der Waals surface area contributed by atoms with Crippen LogP contribution in [0.3, 0.4) is 0 Å². The molecule has 0 aromatic heterocycles. The molecule has 0 aromatic rings. The summed E-state index contributed by atoms with van der Waals surface area (Å²) in [6.07, 6.45) is 18.9. The lowest BCUT2D eigenvalue weighted by Crippen LogP contribution is -2.55. The molecule has 1 heterocycles. The van der Waals surface area contributed by atoms with Gasteiger partial charge in [0.1, 0.15) is 25.4 Å². The fraction of sp³-hybridized carbons (Fsp3) is 0.949. The van der Waals surface area contributed by atoms with Gasteiger partial charge >= 0.3 is 11.9 Å². The summed E-state index contributed by atoms with van der Waals surface area (Å²) in [4.78, 5) is 27.8. The molecule has 1 saturated heterocycles. The molecule has 11 rings (SSSR count). The van der Waals surface area contributed by atoms with Crippen molar-refractivity contribution in [1.29, 1.82) is 0 Å². The summed E-state index contributed by atoms with van der Waals surface area (Å²) in [5.41, 5.74) is -0.273. The molecule has 0 N–H and O–H groups in total. The molecule has 10 saturated carbocycles. The van der Waals surface area contributed by atoms with Gasteiger partial charge in [0.2, 0.25) is 0 Å². The Bertz CT molecular complexity index is 1070. The molecule has 6 nitrogen and oxygen atoms in total. The maximum atomic E-state index is 13.9. The van der Waals surface area contributed by atoms with E-state index in [0.717, 1.165) is 57.8 Å². The lowest BCUT2D eigenvalue weighted by molar-refractivity contribution is -0.280. The molecule has 6 atom stereocenters. The van der Waals surface area contributed by atoms with E-state index in [2.05, 4.69) is 20.8 Å². The van der Waals surface area contributed by atoms with Crippen LogP contribution in [-0.2, 0) is 28.5 Å². The van der Waals surface area contributed by atoms with Crippen molar-refractivity contribution in [2.75, 3.05) is 13.2 Å². The molecule has 1 aliphatic heterocycles. The van der Waals surface area contributed by atoms with Gasteiger partial charge in [-0.15, -0.1) is 0 Å². The van der Waals surface area contributed by atoms with Gasteiger partial charge < -0.3 is 18.9 Å². The Hall–Kier alpha value is -1.14. The van der Waals surface area contributed by atoms with Crippen LogP contribution in [0.5, 0.6) is 0 Å². The molecule has 45 heavy (non-hydrogen) atoms. The van der Waals surface area contributed by atoms with Crippen molar-refractivity contribution >= 4 is 11.9 Å². The van der Waals surface area contributed by atoms with E-state index >= 15 is 0 Å². The van der Waals surface area contributed by atoms with Crippen molar-refractivity contribution in [3.63, 3.8) is 0 Å². The number of rotatable bonds is 7. The quantitative estimate of drug-likeness (QED) is 0.269. The highest BCUT2D eigenvalue weighted by Gasteiger charge is 2.62. The van der Waals surface area contributed by atoms with Gasteiger partial charge in [-0.3, -0.25) is 9.59 Å². The van der Waals surface area contributed by atoms with Gasteiger partial charge in [0.05, 0.1) is 10.8 Å². The standard InChI is InChI=1S/C39H58O6/c1-4-36(3)13-24-5-23(2)39(31(12-24)20-36)44-32(21-42-34(40)37-14-25-6-26(15-37)8-27(7-25)16-37)33(45-39)22-43-35(41)38-17-28-9-29(18-38)11-30(10-28)19-38/h23-33H,4-22H2,1-3H3. The van der Waals surface area contributed by atoms with Crippen LogP contribution in [0.25, 0.3) is 0 Å². The van der Waals surface area contributed by atoms with Crippen LogP contribution in [0.2, 0.25) is 0 Å². The SMILES string of the molecule is CCC1(C)CC2CC(C)C3(OC(COC(=O)C45CC6CC(CC(C6)C4)C5)C(COC(=O)C45CC6CC(CC(C6)C4)C5)O3)C(C2)C1. The summed E-state index contributed by atoms with van der Waals surface area (Å²) in [7, 11) is 0. The minimum absolute atomic E-state index is 0.00319. The van der Waals surface area contributed by atoms with E-state index in [0.29, 0.717) is 52.8 Å².